The van der Waals surface area contributed by atoms with E-state index in [-0.39, 0.29) is 6.42 Å². The number of hydrogen-bond acceptors (Lipinski definition) is 4. The maximum absolute atomic E-state index is 11.7. The van der Waals surface area contributed by atoms with Gasteiger partial charge in [0.05, 0.1) is 0 Å². The minimum Gasteiger partial charge on any atom is -0.277 e. The van der Waals surface area contributed by atoms with Crippen LogP contribution in [0.15, 0.2) is 24.4 Å². The molecule has 2 N–H and O–H groups in total. The molecule has 2 rings (SSSR count). The van der Waals surface area contributed by atoms with E-state index < -0.39 is 23.3 Å². The van der Waals surface area contributed by atoms with Gasteiger partial charge in [-0.2, -0.15) is 0 Å². The highest BCUT2D eigenvalue weighted by Gasteiger charge is 2.46. The highest BCUT2D eigenvalue weighted by molar-refractivity contribution is 6.19. The number of nitrogens with zero attached hydrogens (tertiary/aromatic N) is 1. The second kappa shape index (κ2) is 3.97. The molecule has 1 fully saturated rings. The zero-order valence-corrected chi connectivity index (χ0v) is 9.19. The zero-order valence-electron chi connectivity index (χ0n) is 9.19. The van der Waals surface area contributed by atoms with E-state index in [0.717, 1.165) is 0 Å². The Hall–Kier alpha value is -2.24. The Balaban J connectivity index is 2.26. The van der Waals surface area contributed by atoms with Crippen molar-refractivity contribution in [3.8, 4) is 0 Å². The number of carbonyl (C=O) groups is 3. The number of carbonyl (C=O) groups excluding carboxylic acids is 3. The number of pyridine rings is 1. The third-order valence-corrected chi connectivity index (χ3v) is 2.72. The Bertz CT molecular complexity index is 464. The molecule has 0 radical (unpaired) electrons. The molecule has 0 aliphatic carbocycles. The van der Waals surface area contributed by atoms with Crippen molar-refractivity contribution < 1.29 is 14.4 Å². The molecule has 6 nitrogen and oxygen atoms in total. The third-order valence-electron chi connectivity index (χ3n) is 2.72. The number of nitrogens with one attached hydrogen (secondary N) is 2. The predicted octanol–water partition coefficient (Wildman–Crippen LogP) is -0.00360. The van der Waals surface area contributed by atoms with Gasteiger partial charge in [0.1, 0.15) is 5.41 Å². The Morgan fingerprint density at radius 2 is 1.82 bits per heavy atom. The first-order chi connectivity index (χ1) is 8.02. The number of hydrogen-bond donors (Lipinski definition) is 2. The van der Waals surface area contributed by atoms with Gasteiger partial charge in [0.25, 0.3) is 0 Å². The van der Waals surface area contributed by atoms with Crippen LogP contribution in [0.25, 0.3) is 0 Å². The minimum absolute atomic E-state index is 0.152. The number of amides is 4. The first-order valence-corrected chi connectivity index (χ1v) is 5.09. The van der Waals surface area contributed by atoms with Crippen molar-refractivity contribution >= 4 is 17.8 Å². The fraction of sp³-hybridized carbons (Fsp3) is 0.273. The molecule has 1 saturated heterocycles. The molecular formula is C11H11N3O3. The summed E-state index contributed by atoms with van der Waals surface area (Å²) in [5, 5.41) is 4.17. The van der Waals surface area contributed by atoms with E-state index in [1.165, 1.54) is 6.92 Å². The average Bonchev–Trinajstić information content (AvgIpc) is 2.28. The summed E-state index contributed by atoms with van der Waals surface area (Å²) in [4.78, 5) is 38.4. The summed E-state index contributed by atoms with van der Waals surface area (Å²) in [5.41, 5.74) is -0.683. The quantitative estimate of drug-likeness (QED) is 0.703. The maximum Gasteiger partial charge on any atom is 0.328 e. The van der Waals surface area contributed by atoms with Gasteiger partial charge in [-0.25, -0.2) is 4.79 Å². The summed E-state index contributed by atoms with van der Waals surface area (Å²) in [5.74, 6) is -1.20. The average molecular weight is 233 g/mol. The maximum atomic E-state index is 11.7. The summed E-state index contributed by atoms with van der Waals surface area (Å²) in [6.07, 6.45) is 1.74. The molecule has 0 bridgehead atoms. The van der Waals surface area contributed by atoms with E-state index in [4.69, 9.17) is 0 Å². The van der Waals surface area contributed by atoms with Crippen LogP contribution in [0.1, 0.15) is 12.6 Å². The summed E-state index contributed by atoms with van der Waals surface area (Å²) >= 11 is 0. The Labute approximate surface area is 97.4 Å². The van der Waals surface area contributed by atoms with E-state index in [1.54, 1.807) is 24.4 Å². The lowest BCUT2D eigenvalue weighted by atomic mass is 9.82. The van der Waals surface area contributed by atoms with Gasteiger partial charge in [-0.05, 0) is 19.1 Å². The van der Waals surface area contributed by atoms with Crippen LogP contribution in [-0.2, 0) is 16.0 Å². The number of rotatable bonds is 2. The lowest BCUT2D eigenvalue weighted by Gasteiger charge is -2.29. The van der Waals surface area contributed by atoms with Crippen molar-refractivity contribution in [2.24, 2.45) is 5.41 Å². The topological polar surface area (TPSA) is 88.2 Å². The Morgan fingerprint density at radius 3 is 2.35 bits per heavy atom. The summed E-state index contributed by atoms with van der Waals surface area (Å²) in [6.45, 7) is 1.48. The van der Waals surface area contributed by atoms with Crippen LogP contribution >= 0.6 is 0 Å². The number of imide groups is 2. The Kier molecular flexibility index (Phi) is 2.63. The van der Waals surface area contributed by atoms with Gasteiger partial charge in [-0.1, -0.05) is 6.07 Å². The van der Waals surface area contributed by atoms with Crippen molar-refractivity contribution in [3.05, 3.63) is 30.1 Å². The highest BCUT2D eigenvalue weighted by atomic mass is 16.2. The molecule has 1 aromatic rings. The molecule has 0 spiro atoms. The molecule has 17 heavy (non-hydrogen) atoms. The molecule has 1 aliphatic heterocycles. The molecule has 1 aliphatic rings. The van der Waals surface area contributed by atoms with E-state index in [0.29, 0.717) is 5.69 Å². The van der Waals surface area contributed by atoms with Gasteiger partial charge < -0.3 is 0 Å². The van der Waals surface area contributed by atoms with Crippen molar-refractivity contribution in [1.82, 2.24) is 15.6 Å². The standard InChI is InChI=1S/C11H11N3O3/c1-11(6-7-4-2-3-5-12-7)8(15)13-10(17)14-9(11)16/h2-5H,6H2,1H3,(H2,13,14,15,16,17). The molecule has 4 amide bonds. The van der Waals surface area contributed by atoms with Crippen molar-refractivity contribution in [2.45, 2.75) is 13.3 Å². The first kappa shape index (κ1) is 11.3. The molecule has 1 aromatic heterocycles. The second-order valence-electron chi connectivity index (χ2n) is 4.07. The molecule has 2 heterocycles. The highest BCUT2D eigenvalue weighted by Crippen LogP contribution is 2.24. The largest absolute Gasteiger partial charge is 0.328 e. The van der Waals surface area contributed by atoms with E-state index in [9.17, 15) is 14.4 Å². The molecule has 0 saturated carbocycles. The van der Waals surface area contributed by atoms with Crippen molar-refractivity contribution in [1.29, 1.82) is 0 Å². The van der Waals surface area contributed by atoms with E-state index in [2.05, 4.69) is 15.6 Å². The van der Waals surface area contributed by atoms with Crippen LogP contribution in [0.2, 0.25) is 0 Å². The summed E-state index contributed by atoms with van der Waals surface area (Å²) < 4.78 is 0. The third kappa shape index (κ3) is 2.01. The number of aromatic nitrogens is 1. The van der Waals surface area contributed by atoms with Crippen LogP contribution in [-0.4, -0.2) is 22.8 Å². The van der Waals surface area contributed by atoms with Gasteiger partial charge in [0.2, 0.25) is 11.8 Å². The lowest BCUT2D eigenvalue weighted by Crippen LogP contribution is -2.62. The second-order valence-corrected chi connectivity index (χ2v) is 4.07. The SMILES string of the molecule is CC1(Cc2ccccn2)C(=O)NC(=O)NC1=O. The smallest absolute Gasteiger partial charge is 0.277 e. The van der Waals surface area contributed by atoms with Gasteiger partial charge in [-0.3, -0.25) is 25.2 Å². The zero-order chi connectivity index (χ0) is 12.5. The molecule has 0 unspecified atom stereocenters. The van der Waals surface area contributed by atoms with E-state index >= 15 is 0 Å². The fourth-order valence-corrected chi connectivity index (χ4v) is 1.64. The predicted molar refractivity (Wildman–Crippen MR) is 57.7 cm³/mol. The summed E-state index contributed by atoms with van der Waals surface area (Å²) in [6, 6.07) is 4.46. The molecule has 6 heteroatoms. The first-order valence-electron chi connectivity index (χ1n) is 5.09. The van der Waals surface area contributed by atoms with Crippen LogP contribution in [0.4, 0.5) is 4.79 Å². The molecular weight excluding hydrogens is 222 g/mol. The number of urea groups is 1. The Morgan fingerprint density at radius 1 is 1.18 bits per heavy atom. The number of barbiturate groups is 1. The summed E-state index contributed by atoms with van der Waals surface area (Å²) in [7, 11) is 0. The van der Waals surface area contributed by atoms with Crippen molar-refractivity contribution in [3.63, 3.8) is 0 Å². The monoisotopic (exact) mass is 233 g/mol. The van der Waals surface area contributed by atoms with E-state index in [1.807, 2.05) is 0 Å². The molecule has 0 atom stereocenters. The van der Waals surface area contributed by atoms with Gasteiger partial charge in [-0.15, -0.1) is 0 Å². The van der Waals surface area contributed by atoms with Crippen molar-refractivity contribution in [2.75, 3.05) is 0 Å². The van der Waals surface area contributed by atoms with Crippen LogP contribution in [0.3, 0.4) is 0 Å². The van der Waals surface area contributed by atoms with Crippen LogP contribution in [0.5, 0.6) is 0 Å². The minimum atomic E-state index is -1.30. The molecule has 88 valence electrons. The van der Waals surface area contributed by atoms with Crippen LogP contribution < -0.4 is 10.6 Å². The normalized spacial score (nSPS) is 18.5. The van der Waals surface area contributed by atoms with Gasteiger partial charge >= 0.3 is 6.03 Å². The van der Waals surface area contributed by atoms with Gasteiger partial charge in [0, 0.05) is 18.3 Å². The van der Waals surface area contributed by atoms with Gasteiger partial charge in [0.15, 0.2) is 0 Å². The fourth-order valence-electron chi connectivity index (χ4n) is 1.64. The molecule has 0 aromatic carbocycles. The lowest BCUT2D eigenvalue weighted by molar-refractivity contribution is -0.143. The van der Waals surface area contributed by atoms with Crippen LogP contribution in [0, 0.1) is 5.41 Å².